The van der Waals surface area contributed by atoms with Gasteiger partial charge < -0.3 is 18.9 Å². The Labute approximate surface area is 126 Å². The van der Waals surface area contributed by atoms with E-state index in [1.807, 2.05) is 22.9 Å². The molecule has 3 aromatic rings. The number of fused-ring (bicyclic) bond motifs is 1. The van der Waals surface area contributed by atoms with Crippen LogP contribution in [0.2, 0.25) is 0 Å². The first kappa shape index (κ1) is 13.3. The molecule has 1 atom stereocenters. The molecule has 3 aromatic heterocycles. The van der Waals surface area contributed by atoms with Gasteiger partial charge in [0.15, 0.2) is 0 Å². The minimum Gasteiger partial charge on any atom is -0.472 e. The van der Waals surface area contributed by atoms with Crippen LogP contribution in [0.4, 0.5) is 0 Å². The van der Waals surface area contributed by atoms with E-state index in [4.69, 9.17) is 13.6 Å². The zero-order valence-electron chi connectivity index (χ0n) is 11.9. The van der Waals surface area contributed by atoms with Crippen molar-refractivity contribution in [3.8, 4) is 11.3 Å². The van der Waals surface area contributed by atoms with Crippen molar-refractivity contribution in [3.05, 3.63) is 48.4 Å². The summed E-state index contributed by atoms with van der Waals surface area (Å²) in [6, 6.07) is 5.70. The molecular weight excluding hydrogens is 284 g/mol. The standard InChI is InChI=1S/C15H16N4O3/c1-2-12(21-4-1)6-16-7-13-8-19-14(10-22-13)15(17-18-19)11-3-5-20-9-11/h1-5,9,13,16H,6-8,10H2. The molecular formula is C15H16N4O3. The predicted molar refractivity (Wildman–Crippen MR) is 76.7 cm³/mol. The summed E-state index contributed by atoms with van der Waals surface area (Å²) in [4.78, 5) is 0. The summed E-state index contributed by atoms with van der Waals surface area (Å²) in [7, 11) is 0. The van der Waals surface area contributed by atoms with Crippen molar-refractivity contribution in [1.29, 1.82) is 0 Å². The molecule has 114 valence electrons. The van der Waals surface area contributed by atoms with Crippen LogP contribution in [-0.4, -0.2) is 27.6 Å². The summed E-state index contributed by atoms with van der Waals surface area (Å²) in [5, 5.41) is 11.8. The number of nitrogens with zero attached hydrogens (tertiary/aromatic N) is 3. The van der Waals surface area contributed by atoms with Crippen molar-refractivity contribution in [2.45, 2.75) is 25.8 Å². The minimum absolute atomic E-state index is 0.0707. The molecule has 1 unspecified atom stereocenters. The average molecular weight is 300 g/mol. The van der Waals surface area contributed by atoms with Gasteiger partial charge in [0.05, 0.1) is 50.3 Å². The summed E-state index contributed by atoms with van der Waals surface area (Å²) in [5.41, 5.74) is 2.75. The predicted octanol–water partition coefficient (Wildman–Crippen LogP) is 1.82. The van der Waals surface area contributed by atoms with Crippen molar-refractivity contribution >= 4 is 0 Å². The minimum atomic E-state index is 0.0707. The Balaban J connectivity index is 1.38. The lowest BCUT2D eigenvalue weighted by Gasteiger charge is -2.24. The van der Waals surface area contributed by atoms with Crippen LogP contribution in [-0.2, 0) is 24.4 Å². The number of hydrogen-bond donors (Lipinski definition) is 1. The third kappa shape index (κ3) is 2.56. The Hall–Kier alpha value is -2.38. The maximum Gasteiger partial charge on any atom is 0.121 e. The largest absolute Gasteiger partial charge is 0.472 e. The Morgan fingerprint density at radius 2 is 2.32 bits per heavy atom. The SMILES string of the molecule is c1coc(CNCC2Cn3nnc(-c4ccoc4)c3CO2)c1. The van der Waals surface area contributed by atoms with Gasteiger partial charge >= 0.3 is 0 Å². The van der Waals surface area contributed by atoms with E-state index in [2.05, 4.69) is 15.6 Å². The Morgan fingerprint density at radius 3 is 3.14 bits per heavy atom. The van der Waals surface area contributed by atoms with Crippen LogP contribution in [0, 0.1) is 0 Å². The molecule has 7 nitrogen and oxygen atoms in total. The van der Waals surface area contributed by atoms with E-state index in [1.54, 1.807) is 18.8 Å². The van der Waals surface area contributed by atoms with Crippen LogP contribution >= 0.6 is 0 Å². The van der Waals surface area contributed by atoms with Gasteiger partial charge in [0.25, 0.3) is 0 Å². The van der Waals surface area contributed by atoms with E-state index in [1.165, 1.54) is 0 Å². The van der Waals surface area contributed by atoms with Gasteiger partial charge in [0, 0.05) is 12.1 Å². The third-order valence-corrected chi connectivity index (χ3v) is 3.72. The number of hydrogen-bond acceptors (Lipinski definition) is 6. The van der Waals surface area contributed by atoms with Gasteiger partial charge in [-0.1, -0.05) is 5.21 Å². The van der Waals surface area contributed by atoms with Crippen LogP contribution in [0.5, 0.6) is 0 Å². The molecule has 4 rings (SSSR count). The second-order valence-electron chi connectivity index (χ2n) is 5.22. The number of aromatic nitrogens is 3. The molecule has 0 fully saturated rings. The highest BCUT2D eigenvalue weighted by atomic mass is 16.5. The van der Waals surface area contributed by atoms with Crippen LogP contribution in [0.15, 0.2) is 45.8 Å². The first-order valence-corrected chi connectivity index (χ1v) is 7.20. The van der Waals surface area contributed by atoms with Crippen LogP contribution in [0.25, 0.3) is 11.3 Å². The molecule has 0 aromatic carbocycles. The molecule has 0 saturated heterocycles. The number of ether oxygens (including phenoxy) is 1. The zero-order valence-corrected chi connectivity index (χ0v) is 11.9. The van der Waals surface area contributed by atoms with Gasteiger partial charge in [-0.25, -0.2) is 4.68 Å². The number of nitrogens with one attached hydrogen (secondary N) is 1. The summed E-state index contributed by atoms with van der Waals surface area (Å²) >= 11 is 0. The van der Waals surface area contributed by atoms with E-state index in [0.717, 1.165) is 29.3 Å². The number of rotatable bonds is 5. The topological polar surface area (TPSA) is 78.3 Å². The third-order valence-electron chi connectivity index (χ3n) is 3.72. The lowest BCUT2D eigenvalue weighted by Crippen LogP contribution is -2.36. The van der Waals surface area contributed by atoms with Gasteiger partial charge in [-0.2, -0.15) is 0 Å². The van der Waals surface area contributed by atoms with Gasteiger partial charge in [0.2, 0.25) is 0 Å². The Morgan fingerprint density at radius 1 is 1.32 bits per heavy atom. The van der Waals surface area contributed by atoms with Crippen molar-refractivity contribution in [1.82, 2.24) is 20.3 Å². The highest BCUT2D eigenvalue weighted by Gasteiger charge is 2.24. The fraction of sp³-hybridized carbons (Fsp3) is 0.333. The highest BCUT2D eigenvalue weighted by Crippen LogP contribution is 2.25. The molecule has 1 N–H and O–H groups in total. The average Bonchev–Trinajstić information content (AvgIpc) is 3.28. The lowest BCUT2D eigenvalue weighted by atomic mass is 10.2. The van der Waals surface area contributed by atoms with Gasteiger partial charge in [0.1, 0.15) is 11.5 Å². The zero-order chi connectivity index (χ0) is 14.8. The van der Waals surface area contributed by atoms with Crippen molar-refractivity contribution in [2.75, 3.05) is 6.54 Å². The quantitative estimate of drug-likeness (QED) is 0.774. The molecule has 22 heavy (non-hydrogen) atoms. The number of furan rings is 2. The summed E-state index contributed by atoms with van der Waals surface area (Å²) in [5.74, 6) is 0.916. The second-order valence-corrected chi connectivity index (χ2v) is 5.22. The summed E-state index contributed by atoms with van der Waals surface area (Å²) < 4.78 is 18.2. The fourth-order valence-electron chi connectivity index (χ4n) is 2.58. The molecule has 7 heteroatoms. The van der Waals surface area contributed by atoms with E-state index in [9.17, 15) is 0 Å². The molecule has 1 aliphatic heterocycles. The molecule has 0 aliphatic carbocycles. The monoisotopic (exact) mass is 300 g/mol. The molecule has 1 aliphatic rings. The van der Waals surface area contributed by atoms with Gasteiger partial charge in [-0.05, 0) is 18.2 Å². The second kappa shape index (κ2) is 5.78. The molecule has 0 bridgehead atoms. The maximum atomic E-state index is 5.90. The molecule has 0 spiro atoms. The van der Waals surface area contributed by atoms with Crippen LogP contribution < -0.4 is 5.32 Å². The van der Waals surface area contributed by atoms with Crippen LogP contribution in [0.3, 0.4) is 0 Å². The Kier molecular flexibility index (Phi) is 3.49. The molecule has 0 saturated carbocycles. The van der Waals surface area contributed by atoms with Crippen molar-refractivity contribution < 1.29 is 13.6 Å². The normalized spacial score (nSPS) is 17.5. The van der Waals surface area contributed by atoms with Crippen molar-refractivity contribution in [3.63, 3.8) is 0 Å². The smallest absolute Gasteiger partial charge is 0.121 e. The van der Waals surface area contributed by atoms with E-state index in [-0.39, 0.29) is 6.10 Å². The van der Waals surface area contributed by atoms with Gasteiger partial charge in [-0.15, -0.1) is 5.10 Å². The van der Waals surface area contributed by atoms with E-state index in [0.29, 0.717) is 19.7 Å². The maximum absolute atomic E-state index is 5.90. The first-order valence-electron chi connectivity index (χ1n) is 7.20. The fourth-order valence-corrected chi connectivity index (χ4v) is 2.58. The van der Waals surface area contributed by atoms with Crippen molar-refractivity contribution in [2.24, 2.45) is 0 Å². The van der Waals surface area contributed by atoms with Gasteiger partial charge in [-0.3, -0.25) is 0 Å². The summed E-state index contributed by atoms with van der Waals surface area (Å²) in [6.07, 6.45) is 5.04. The molecule has 0 radical (unpaired) electrons. The first-order chi connectivity index (χ1) is 10.9. The lowest BCUT2D eigenvalue weighted by molar-refractivity contribution is 0.00106. The molecule has 0 amide bonds. The van der Waals surface area contributed by atoms with Crippen LogP contribution in [0.1, 0.15) is 11.5 Å². The summed E-state index contributed by atoms with van der Waals surface area (Å²) in [6.45, 7) is 2.62. The van der Waals surface area contributed by atoms with E-state index >= 15 is 0 Å². The Bertz CT molecular complexity index is 718. The molecule has 4 heterocycles. The highest BCUT2D eigenvalue weighted by molar-refractivity contribution is 5.59. The van der Waals surface area contributed by atoms with E-state index < -0.39 is 0 Å².